The van der Waals surface area contributed by atoms with E-state index >= 15 is 0 Å². The Morgan fingerprint density at radius 1 is 1.31 bits per heavy atom. The van der Waals surface area contributed by atoms with Gasteiger partial charge in [0.25, 0.3) is 0 Å². The van der Waals surface area contributed by atoms with Gasteiger partial charge in [-0.2, -0.15) is 0 Å². The molecule has 0 bridgehead atoms. The Labute approximate surface area is 98.6 Å². The van der Waals surface area contributed by atoms with Gasteiger partial charge in [-0.3, -0.25) is 4.79 Å². The molecular formula is C12H23O3P. The van der Waals surface area contributed by atoms with Crippen molar-refractivity contribution in [1.29, 1.82) is 0 Å². The molecule has 0 aromatic rings. The Morgan fingerprint density at radius 2 is 1.81 bits per heavy atom. The molecular weight excluding hydrogens is 223 g/mol. The molecule has 0 aliphatic carbocycles. The van der Waals surface area contributed by atoms with Crippen LogP contribution in [0, 0.1) is 0 Å². The van der Waals surface area contributed by atoms with Crippen molar-refractivity contribution in [3.63, 3.8) is 0 Å². The smallest absolute Gasteiger partial charge is 0.316 e. The maximum atomic E-state index is 12.6. The van der Waals surface area contributed by atoms with E-state index in [1.165, 1.54) is 0 Å². The third-order valence-electron chi connectivity index (χ3n) is 2.74. The monoisotopic (exact) mass is 246 g/mol. The lowest BCUT2D eigenvalue weighted by Crippen LogP contribution is -2.25. The highest BCUT2D eigenvalue weighted by Gasteiger charge is 2.36. The van der Waals surface area contributed by atoms with E-state index in [2.05, 4.69) is 6.58 Å². The van der Waals surface area contributed by atoms with Crippen LogP contribution in [0.4, 0.5) is 0 Å². The second-order valence-electron chi connectivity index (χ2n) is 4.01. The van der Waals surface area contributed by atoms with Crippen LogP contribution in [0.25, 0.3) is 0 Å². The van der Waals surface area contributed by atoms with Gasteiger partial charge < -0.3 is 9.30 Å². The van der Waals surface area contributed by atoms with Gasteiger partial charge in [-0.05, 0) is 32.6 Å². The molecule has 3 nitrogen and oxygen atoms in total. The van der Waals surface area contributed by atoms with E-state index in [9.17, 15) is 9.36 Å². The molecule has 0 N–H and O–H groups in total. The fourth-order valence-electron chi connectivity index (χ4n) is 1.67. The topological polar surface area (TPSA) is 43.4 Å². The van der Waals surface area contributed by atoms with Crippen molar-refractivity contribution in [1.82, 2.24) is 0 Å². The van der Waals surface area contributed by atoms with Crippen molar-refractivity contribution in [2.45, 2.75) is 39.8 Å². The first kappa shape index (κ1) is 15.4. The zero-order valence-electron chi connectivity index (χ0n) is 10.8. The van der Waals surface area contributed by atoms with Crippen LogP contribution < -0.4 is 0 Å². The molecule has 0 saturated heterocycles. The molecule has 0 saturated carbocycles. The summed E-state index contributed by atoms with van der Waals surface area (Å²) in [7, 11) is -2.47. The second kappa shape index (κ2) is 6.90. The van der Waals surface area contributed by atoms with Crippen LogP contribution in [0.1, 0.15) is 34.1 Å². The van der Waals surface area contributed by atoms with Crippen molar-refractivity contribution in [2.75, 3.05) is 18.9 Å². The van der Waals surface area contributed by atoms with E-state index < -0.39 is 12.8 Å². The minimum absolute atomic E-state index is 0.332. The lowest BCUT2D eigenvalue weighted by Gasteiger charge is -2.24. The van der Waals surface area contributed by atoms with Crippen LogP contribution in [0.15, 0.2) is 12.2 Å². The Bertz CT molecular complexity index is 289. The number of carbonyl (C=O) groups is 1. The van der Waals surface area contributed by atoms with Gasteiger partial charge in [0.1, 0.15) is 12.8 Å². The van der Waals surface area contributed by atoms with Gasteiger partial charge in [0.2, 0.25) is 0 Å². The van der Waals surface area contributed by atoms with Gasteiger partial charge in [-0.15, -0.1) is 6.58 Å². The van der Waals surface area contributed by atoms with Crippen molar-refractivity contribution in [3.05, 3.63) is 12.2 Å². The van der Waals surface area contributed by atoms with Crippen molar-refractivity contribution in [2.24, 2.45) is 0 Å². The van der Waals surface area contributed by atoms with Crippen molar-refractivity contribution < 1.29 is 14.1 Å². The molecule has 16 heavy (non-hydrogen) atoms. The van der Waals surface area contributed by atoms with Crippen molar-refractivity contribution >= 4 is 13.1 Å². The van der Waals surface area contributed by atoms with E-state index in [0.29, 0.717) is 25.4 Å². The summed E-state index contributed by atoms with van der Waals surface area (Å²) in [6.45, 7) is 11.5. The van der Waals surface area contributed by atoms with Crippen LogP contribution in [-0.4, -0.2) is 30.6 Å². The molecule has 1 unspecified atom stereocenters. The summed E-state index contributed by atoms with van der Waals surface area (Å²) in [5.41, 5.74) is 0.375. The van der Waals surface area contributed by atoms with Crippen LogP contribution in [0.2, 0.25) is 0 Å². The molecule has 0 amide bonds. The summed E-state index contributed by atoms with van der Waals surface area (Å²) in [6.07, 6.45) is 1.55. The molecule has 94 valence electrons. The number of allylic oxidation sites excluding steroid dienone is 1. The standard InChI is InChI=1S/C12H23O3P/c1-6-15-12(13)11(9-10(4)5)16(14,7-2)8-3/h11H,4,6-9H2,1-3,5H3. The molecule has 0 aromatic heterocycles. The number of hydrogen-bond acceptors (Lipinski definition) is 3. The lowest BCUT2D eigenvalue weighted by molar-refractivity contribution is -0.142. The largest absolute Gasteiger partial charge is 0.465 e. The van der Waals surface area contributed by atoms with Gasteiger partial charge in [0.15, 0.2) is 0 Å². The minimum Gasteiger partial charge on any atom is -0.465 e. The highest BCUT2D eigenvalue weighted by Crippen LogP contribution is 2.52. The summed E-state index contributed by atoms with van der Waals surface area (Å²) in [5.74, 6) is -0.336. The highest BCUT2D eigenvalue weighted by atomic mass is 31.2. The minimum atomic E-state index is -2.47. The fourth-order valence-corrected chi connectivity index (χ4v) is 4.11. The third kappa shape index (κ3) is 4.13. The third-order valence-corrected chi connectivity index (χ3v) is 6.41. The molecule has 0 rings (SSSR count). The van der Waals surface area contributed by atoms with E-state index in [1.54, 1.807) is 6.92 Å². The van der Waals surface area contributed by atoms with Gasteiger partial charge >= 0.3 is 5.97 Å². The maximum absolute atomic E-state index is 12.6. The zero-order chi connectivity index (χ0) is 12.8. The summed E-state index contributed by atoms with van der Waals surface area (Å²) in [5, 5.41) is 0. The number of hydrogen-bond donors (Lipinski definition) is 0. The quantitative estimate of drug-likeness (QED) is 0.393. The normalized spacial score (nSPS) is 13.2. The molecule has 1 atom stereocenters. The Kier molecular flexibility index (Phi) is 6.66. The fraction of sp³-hybridized carbons (Fsp3) is 0.750. The highest BCUT2D eigenvalue weighted by molar-refractivity contribution is 7.65. The van der Waals surface area contributed by atoms with E-state index in [-0.39, 0.29) is 5.97 Å². The first-order valence-corrected chi connectivity index (χ1v) is 7.94. The average molecular weight is 246 g/mol. The summed E-state index contributed by atoms with van der Waals surface area (Å²) in [4.78, 5) is 11.8. The Hall–Kier alpha value is -0.560. The predicted molar refractivity (Wildman–Crippen MR) is 68.5 cm³/mol. The van der Waals surface area contributed by atoms with Crippen LogP contribution in [0.3, 0.4) is 0 Å². The summed E-state index contributed by atoms with van der Waals surface area (Å²) >= 11 is 0. The molecule has 0 heterocycles. The SMILES string of the molecule is C=C(C)CC(C(=O)OCC)P(=O)(CC)CC. The van der Waals surface area contributed by atoms with Gasteiger partial charge in [-0.1, -0.05) is 19.4 Å². The molecule has 0 radical (unpaired) electrons. The molecule has 0 aliphatic rings. The van der Waals surface area contributed by atoms with Crippen LogP contribution >= 0.6 is 7.14 Å². The van der Waals surface area contributed by atoms with Gasteiger partial charge in [0, 0.05) is 0 Å². The van der Waals surface area contributed by atoms with Crippen LogP contribution in [-0.2, 0) is 14.1 Å². The summed E-state index contributed by atoms with van der Waals surface area (Å²) in [6, 6.07) is 0. The molecule has 0 aromatic carbocycles. The zero-order valence-corrected chi connectivity index (χ0v) is 11.7. The number of rotatable bonds is 7. The number of ether oxygens (including phenoxy) is 1. The molecule has 0 fully saturated rings. The van der Waals surface area contributed by atoms with Gasteiger partial charge in [-0.25, -0.2) is 0 Å². The molecule has 0 spiro atoms. The average Bonchev–Trinajstić information content (AvgIpc) is 2.25. The van der Waals surface area contributed by atoms with Gasteiger partial charge in [0.05, 0.1) is 6.61 Å². The van der Waals surface area contributed by atoms with E-state index in [0.717, 1.165) is 5.57 Å². The predicted octanol–water partition coefficient (Wildman–Crippen LogP) is 3.29. The maximum Gasteiger partial charge on any atom is 0.316 e. The first-order chi connectivity index (χ1) is 7.41. The Morgan fingerprint density at radius 3 is 2.12 bits per heavy atom. The summed E-state index contributed by atoms with van der Waals surface area (Å²) < 4.78 is 17.6. The lowest BCUT2D eigenvalue weighted by atomic mass is 10.2. The number of carbonyl (C=O) groups excluding carboxylic acids is 1. The number of esters is 1. The first-order valence-electron chi connectivity index (χ1n) is 5.80. The Balaban J connectivity index is 4.99. The van der Waals surface area contributed by atoms with Crippen molar-refractivity contribution in [3.8, 4) is 0 Å². The van der Waals surface area contributed by atoms with E-state index in [4.69, 9.17) is 4.74 Å². The van der Waals surface area contributed by atoms with E-state index in [1.807, 2.05) is 20.8 Å². The second-order valence-corrected chi connectivity index (χ2v) is 7.81. The van der Waals surface area contributed by atoms with Crippen LogP contribution in [0.5, 0.6) is 0 Å². The molecule has 0 aliphatic heterocycles. The molecule has 4 heteroatoms.